The van der Waals surface area contributed by atoms with Crippen LogP contribution in [0.3, 0.4) is 0 Å². The molecule has 268 valence electrons. The maximum Gasteiger partial charge on any atom is 0.264 e. The van der Waals surface area contributed by atoms with Crippen molar-refractivity contribution in [3.05, 3.63) is 155 Å². The number of rotatable bonds is 14. The maximum atomic E-state index is 14.8. The van der Waals surface area contributed by atoms with Crippen LogP contribution >= 0.6 is 11.6 Å². The molecular weight excluding hydrogens is 694 g/mol. The zero-order valence-electron chi connectivity index (χ0n) is 29.0. The number of para-hydroxylation sites is 1. The van der Waals surface area contributed by atoms with E-state index < -0.39 is 28.5 Å². The van der Waals surface area contributed by atoms with Crippen molar-refractivity contribution < 1.29 is 22.7 Å². The first-order valence-corrected chi connectivity index (χ1v) is 19.3. The number of hydrogen-bond donors (Lipinski definition) is 1. The summed E-state index contributed by atoms with van der Waals surface area (Å²) in [7, 11) is -4.25. The van der Waals surface area contributed by atoms with Gasteiger partial charge in [-0.15, -0.1) is 0 Å². The van der Waals surface area contributed by atoms with E-state index in [1.807, 2.05) is 79.7 Å². The predicted molar refractivity (Wildman–Crippen MR) is 205 cm³/mol. The third-order valence-corrected chi connectivity index (χ3v) is 11.3. The molecule has 1 aliphatic rings. The number of benzene rings is 5. The monoisotopic (exact) mass is 735 g/mol. The largest absolute Gasteiger partial charge is 0.457 e. The van der Waals surface area contributed by atoms with Crippen molar-refractivity contribution in [1.29, 1.82) is 0 Å². The summed E-state index contributed by atoms with van der Waals surface area (Å²) in [4.78, 5) is 30.6. The van der Waals surface area contributed by atoms with Gasteiger partial charge in [-0.2, -0.15) is 0 Å². The molecule has 10 heteroatoms. The van der Waals surface area contributed by atoms with E-state index in [4.69, 9.17) is 16.3 Å². The molecule has 5 aromatic carbocycles. The zero-order chi connectivity index (χ0) is 36.5. The molecule has 1 aliphatic carbocycles. The summed E-state index contributed by atoms with van der Waals surface area (Å²) >= 11 is 6.21. The summed E-state index contributed by atoms with van der Waals surface area (Å²) in [6.45, 7) is 1.39. The van der Waals surface area contributed by atoms with E-state index in [0.29, 0.717) is 16.5 Å². The number of carbonyl (C=O) groups is 2. The molecule has 0 aliphatic heterocycles. The Kier molecular flexibility index (Phi) is 11.9. The third kappa shape index (κ3) is 9.40. The van der Waals surface area contributed by atoms with Crippen LogP contribution in [0.1, 0.15) is 42.4 Å². The van der Waals surface area contributed by atoms with Gasteiger partial charge < -0.3 is 15.0 Å². The minimum absolute atomic E-state index is 0.0216. The van der Waals surface area contributed by atoms with Crippen molar-refractivity contribution in [2.24, 2.45) is 0 Å². The Morgan fingerprint density at radius 3 is 2.00 bits per heavy atom. The van der Waals surface area contributed by atoms with Crippen LogP contribution in [0.15, 0.2) is 138 Å². The van der Waals surface area contributed by atoms with E-state index in [-0.39, 0.29) is 35.5 Å². The Morgan fingerprint density at radius 1 is 0.769 bits per heavy atom. The number of halogens is 1. The van der Waals surface area contributed by atoms with Crippen molar-refractivity contribution in [1.82, 2.24) is 10.2 Å². The first kappa shape index (κ1) is 36.7. The van der Waals surface area contributed by atoms with Gasteiger partial charge in [0.1, 0.15) is 24.1 Å². The van der Waals surface area contributed by atoms with Crippen molar-refractivity contribution in [2.45, 2.75) is 62.6 Å². The van der Waals surface area contributed by atoms with Gasteiger partial charge in [0, 0.05) is 24.0 Å². The Labute approximate surface area is 311 Å². The van der Waals surface area contributed by atoms with Crippen LogP contribution in [0.2, 0.25) is 5.02 Å². The molecule has 52 heavy (non-hydrogen) atoms. The van der Waals surface area contributed by atoms with Crippen molar-refractivity contribution in [3.63, 3.8) is 0 Å². The fourth-order valence-electron chi connectivity index (χ4n) is 6.38. The lowest BCUT2D eigenvalue weighted by molar-refractivity contribution is -0.140. The van der Waals surface area contributed by atoms with Gasteiger partial charge in [0.05, 0.1) is 10.6 Å². The lowest BCUT2D eigenvalue weighted by Gasteiger charge is -2.34. The van der Waals surface area contributed by atoms with Gasteiger partial charge in [-0.3, -0.25) is 13.9 Å². The van der Waals surface area contributed by atoms with Crippen LogP contribution in [-0.4, -0.2) is 43.8 Å². The highest BCUT2D eigenvalue weighted by molar-refractivity contribution is 7.92. The molecule has 1 fully saturated rings. The minimum Gasteiger partial charge on any atom is -0.457 e. The van der Waals surface area contributed by atoms with Gasteiger partial charge in [0.2, 0.25) is 11.8 Å². The van der Waals surface area contributed by atoms with Gasteiger partial charge in [0.15, 0.2) is 0 Å². The van der Waals surface area contributed by atoms with E-state index >= 15 is 0 Å². The molecule has 0 bridgehead atoms. The average molecular weight is 736 g/mol. The van der Waals surface area contributed by atoms with Crippen LogP contribution in [0.5, 0.6) is 11.5 Å². The molecule has 1 atom stereocenters. The summed E-state index contributed by atoms with van der Waals surface area (Å²) in [5.74, 6) is 0.337. The average Bonchev–Trinajstić information content (AvgIpc) is 3.67. The van der Waals surface area contributed by atoms with Gasteiger partial charge in [-0.1, -0.05) is 103 Å². The van der Waals surface area contributed by atoms with Crippen LogP contribution in [0.25, 0.3) is 0 Å². The van der Waals surface area contributed by atoms with E-state index in [1.54, 1.807) is 48.5 Å². The molecule has 0 spiro atoms. The summed E-state index contributed by atoms with van der Waals surface area (Å²) in [6, 6.07) is 38.1. The van der Waals surface area contributed by atoms with Crippen molar-refractivity contribution >= 4 is 39.1 Å². The number of carbonyl (C=O) groups excluding carboxylic acids is 2. The van der Waals surface area contributed by atoms with E-state index in [2.05, 4.69) is 5.32 Å². The number of aryl methyl sites for hydroxylation is 1. The highest BCUT2D eigenvalue weighted by Gasteiger charge is 2.35. The topological polar surface area (TPSA) is 96.0 Å². The molecular formula is C42H42ClN3O5S. The second-order valence-electron chi connectivity index (χ2n) is 13.1. The summed E-state index contributed by atoms with van der Waals surface area (Å²) in [5.41, 5.74) is 2.80. The second kappa shape index (κ2) is 16.9. The number of nitrogens with zero attached hydrogens (tertiary/aromatic N) is 2. The highest BCUT2D eigenvalue weighted by atomic mass is 35.5. The Hall–Kier alpha value is -5.12. The Balaban J connectivity index is 1.38. The molecule has 5 aromatic rings. The highest BCUT2D eigenvalue weighted by Crippen LogP contribution is 2.29. The molecule has 0 saturated heterocycles. The Bertz CT molecular complexity index is 2040. The first-order valence-electron chi connectivity index (χ1n) is 17.5. The number of sulfonamides is 1. The lowest BCUT2D eigenvalue weighted by Crippen LogP contribution is -2.54. The van der Waals surface area contributed by atoms with E-state index in [0.717, 1.165) is 46.7 Å². The van der Waals surface area contributed by atoms with E-state index in [1.165, 1.54) is 17.0 Å². The number of nitrogens with one attached hydrogen (secondary N) is 1. The standard InChI is InChI=1S/C42H42ClN3O5S/c1-31-16-26-39(27-17-31)52(49,50)46(36-22-24-38(25-23-36)51-37-14-6-3-7-15-37)30-41(47)45(29-33-18-20-34(43)21-19-33)40(28-32-10-4-2-5-11-32)42(48)44-35-12-8-9-13-35/h2-7,10-11,14-27,35,40H,8-9,12-13,28-30H2,1H3,(H,44,48)/t40-/m1/s1. The van der Waals surface area contributed by atoms with E-state index in [9.17, 15) is 18.0 Å². The molecule has 0 aromatic heterocycles. The molecule has 2 amide bonds. The minimum atomic E-state index is -4.25. The number of amides is 2. The molecule has 8 nitrogen and oxygen atoms in total. The fraction of sp³-hybridized carbons (Fsp3) is 0.238. The quantitative estimate of drug-likeness (QED) is 0.124. The number of hydrogen-bond acceptors (Lipinski definition) is 5. The van der Waals surface area contributed by atoms with Crippen LogP contribution in [-0.2, 0) is 32.6 Å². The predicted octanol–water partition coefficient (Wildman–Crippen LogP) is 8.33. The lowest BCUT2D eigenvalue weighted by atomic mass is 10.0. The van der Waals surface area contributed by atoms with Crippen LogP contribution < -0.4 is 14.4 Å². The normalized spacial score (nSPS) is 13.7. The van der Waals surface area contributed by atoms with Crippen molar-refractivity contribution in [3.8, 4) is 11.5 Å². The number of anilines is 1. The summed E-state index contributed by atoms with van der Waals surface area (Å²) < 4.78 is 35.9. The number of ether oxygens (including phenoxy) is 1. The molecule has 0 heterocycles. The molecule has 0 unspecified atom stereocenters. The van der Waals surface area contributed by atoms with Gasteiger partial charge >= 0.3 is 0 Å². The molecule has 1 saturated carbocycles. The molecule has 1 N–H and O–H groups in total. The second-order valence-corrected chi connectivity index (χ2v) is 15.4. The molecule has 0 radical (unpaired) electrons. The third-order valence-electron chi connectivity index (χ3n) is 9.23. The summed E-state index contributed by atoms with van der Waals surface area (Å²) in [6.07, 6.45) is 4.06. The smallest absolute Gasteiger partial charge is 0.264 e. The van der Waals surface area contributed by atoms with Crippen molar-refractivity contribution in [2.75, 3.05) is 10.8 Å². The van der Waals surface area contributed by atoms with Gasteiger partial charge in [-0.05, 0) is 91.6 Å². The van der Waals surface area contributed by atoms with Gasteiger partial charge in [0.25, 0.3) is 10.0 Å². The summed E-state index contributed by atoms with van der Waals surface area (Å²) in [5, 5.41) is 3.74. The van der Waals surface area contributed by atoms with Crippen LogP contribution in [0.4, 0.5) is 5.69 Å². The van der Waals surface area contributed by atoms with Gasteiger partial charge in [-0.25, -0.2) is 8.42 Å². The SMILES string of the molecule is Cc1ccc(S(=O)(=O)N(CC(=O)N(Cc2ccc(Cl)cc2)[C@H](Cc2ccccc2)C(=O)NC2CCCC2)c2ccc(Oc3ccccc3)cc2)cc1. The fourth-order valence-corrected chi connectivity index (χ4v) is 7.92. The maximum absolute atomic E-state index is 14.8. The zero-order valence-corrected chi connectivity index (χ0v) is 30.6. The first-order chi connectivity index (χ1) is 25.2. The van der Waals surface area contributed by atoms with Crippen LogP contribution in [0, 0.1) is 6.92 Å². The Morgan fingerprint density at radius 2 is 1.37 bits per heavy atom. The molecule has 6 rings (SSSR count).